The zero-order chi connectivity index (χ0) is 25.4. The van der Waals surface area contributed by atoms with E-state index in [-0.39, 0.29) is 34.4 Å². The third-order valence-electron chi connectivity index (χ3n) is 7.39. The lowest BCUT2D eigenvalue weighted by molar-refractivity contribution is 0.0154. The van der Waals surface area contributed by atoms with Crippen LogP contribution in [0.15, 0.2) is 41.6 Å². The Bertz CT molecular complexity index is 1430. The van der Waals surface area contributed by atoms with Gasteiger partial charge in [-0.05, 0) is 38.8 Å². The molecular weight excluding hydrogens is 477 g/mol. The second-order valence-electron chi connectivity index (χ2n) is 10.4. The van der Waals surface area contributed by atoms with Gasteiger partial charge in [0.1, 0.15) is 23.3 Å². The van der Waals surface area contributed by atoms with Crippen LogP contribution in [0.25, 0.3) is 5.65 Å². The highest BCUT2D eigenvalue weighted by Crippen LogP contribution is 2.58. The number of pyridine rings is 2. The van der Waals surface area contributed by atoms with Crippen molar-refractivity contribution in [2.45, 2.75) is 68.9 Å². The summed E-state index contributed by atoms with van der Waals surface area (Å²) in [6, 6.07) is 3.85. The van der Waals surface area contributed by atoms with Crippen LogP contribution in [0.2, 0.25) is 0 Å². The van der Waals surface area contributed by atoms with Gasteiger partial charge in [0.2, 0.25) is 0 Å². The van der Waals surface area contributed by atoms with E-state index in [0.717, 1.165) is 18.5 Å². The van der Waals surface area contributed by atoms with E-state index in [0.29, 0.717) is 12.3 Å². The first-order chi connectivity index (χ1) is 17.1. The fourth-order valence-electron chi connectivity index (χ4n) is 5.44. The fourth-order valence-corrected chi connectivity index (χ4v) is 5.44. The fraction of sp³-hybridized carbons (Fsp3) is 0.480. The summed E-state index contributed by atoms with van der Waals surface area (Å²) in [5.74, 6) is -0.796. The third kappa shape index (κ3) is 3.68. The molecule has 11 heteroatoms. The molecule has 4 fully saturated rings. The van der Waals surface area contributed by atoms with Crippen LogP contribution in [0, 0.1) is 0 Å². The molecule has 2 saturated carbocycles. The molecule has 3 aromatic rings. The molecule has 0 aromatic carbocycles. The number of hydrogen-bond acceptors (Lipinski definition) is 5. The molecule has 0 spiro atoms. The van der Waals surface area contributed by atoms with Crippen molar-refractivity contribution in [1.82, 2.24) is 14.0 Å². The molecule has 3 aromatic heterocycles. The summed E-state index contributed by atoms with van der Waals surface area (Å²) < 4.78 is 54.3. The maximum atomic E-state index is 13.5. The van der Waals surface area contributed by atoms with Crippen molar-refractivity contribution in [3.05, 3.63) is 58.4 Å². The first kappa shape index (κ1) is 23.1. The van der Waals surface area contributed by atoms with E-state index in [2.05, 4.69) is 17.2 Å². The lowest BCUT2D eigenvalue weighted by atomic mass is 9.62. The van der Waals surface area contributed by atoms with Crippen molar-refractivity contribution in [2.24, 2.45) is 0 Å². The van der Waals surface area contributed by atoms with E-state index in [1.165, 1.54) is 36.0 Å². The molecular formula is C25H25F3N4O4. The Morgan fingerprint density at radius 1 is 1.33 bits per heavy atom. The second kappa shape index (κ2) is 7.83. The molecule has 1 N–H and O–H groups in total. The van der Waals surface area contributed by atoms with Crippen LogP contribution in [0.3, 0.4) is 0 Å². The van der Waals surface area contributed by atoms with Gasteiger partial charge in [-0.1, -0.05) is 0 Å². The van der Waals surface area contributed by atoms with Crippen LogP contribution in [-0.2, 0) is 10.2 Å². The number of aromatic nitrogens is 3. The summed E-state index contributed by atoms with van der Waals surface area (Å²) in [6.45, 7) is 3.81. The van der Waals surface area contributed by atoms with Gasteiger partial charge in [0.25, 0.3) is 17.9 Å². The Morgan fingerprint density at radius 3 is 2.72 bits per heavy atom. The van der Waals surface area contributed by atoms with Crippen molar-refractivity contribution >= 4 is 17.2 Å². The number of fused-ring (bicyclic) bond motifs is 2. The van der Waals surface area contributed by atoms with Crippen molar-refractivity contribution < 1.29 is 27.4 Å². The van der Waals surface area contributed by atoms with E-state index in [4.69, 9.17) is 9.47 Å². The van der Waals surface area contributed by atoms with Crippen molar-refractivity contribution in [3.63, 3.8) is 0 Å². The summed E-state index contributed by atoms with van der Waals surface area (Å²) in [6.07, 6.45) is 1.30. The smallest absolute Gasteiger partial charge is 0.274 e. The molecule has 7 rings (SSSR count). The van der Waals surface area contributed by atoms with Crippen LogP contribution in [0.5, 0.6) is 5.75 Å². The third-order valence-corrected chi connectivity index (χ3v) is 7.39. The summed E-state index contributed by atoms with van der Waals surface area (Å²) >= 11 is 0. The Morgan fingerprint density at radius 2 is 2.08 bits per heavy atom. The van der Waals surface area contributed by atoms with Crippen LogP contribution < -0.4 is 15.6 Å². The number of carbonyl (C=O) groups excluding carboxylic acids is 1. The number of halogens is 3. The van der Waals surface area contributed by atoms with Crippen LogP contribution in [0.4, 0.5) is 18.9 Å². The monoisotopic (exact) mass is 502 g/mol. The second-order valence-corrected chi connectivity index (χ2v) is 10.4. The van der Waals surface area contributed by atoms with Gasteiger partial charge < -0.3 is 23.8 Å². The van der Waals surface area contributed by atoms with E-state index in [1.54, 1.807) is 10.5 Å². The van der Waals surface area contributed by atoms with Crippen LogP contribution in [0.1, 0.15) is 55.2 Å². The van der Waals surface area contributed by atoms with Crippen molar-refractivity contribution in [2.75, 3.05) is 11.9 Å². The molecule has 36 heavy (non-hydrogen) atoms. The molecule has 2 bridgehead atoms. The molecule has 0 radical (unpaired) electrons. The van der Waals surface area contributed by atoms with Gasteiger partial charge in [-0.2, -0.15) is 0 Å². The Balaban J connectivity index is 1.36. The van der Waals surface area contributed by atoms with Crippen molar-refractivity contribution in [3.8, 4) is 5.75 Å². The molecule has 2 aliphatic heterocycles. The average Bonchev–Trinajstić information content (AvgIpc) is 3.12. The molecule has 5 heterocycles. The number of carbonyl (C=O) groups is 1. The largest absolute Gasteiger partial charge is 0.484 e. The van der Waals surface area contributed by atoms with Gasteiger partial charge >= 0.3 is 0 Å². The van der Waals surface area contributed by atoms with Gasteiger partial charge in [-0.3, -0.25) is 9.59 Å². The highest BCUT2D eigenvalue weighted by Gasteiger charge is 2.61. The minimum absolute atomic E-state index is 0.0397. The minimum Gasteiger partial charge on any atom is -0.484 e. The number of nitrogens with one attached hydrogen (secondary N) is 1. The molecule has 4 aliphatic rings. The maximum absolute atomic E-state index is 13.5. The average molecular weight is 502 g/mol. The van der Waals surface area contributed by atoms with Gasteiger partial charge in [0.15, 0.2) is 6.10 Å². The topological polar surface area (TPSA) is 86.9 Å². The van der Waals surface area contributed by atoms with Gasteiger partial charge in [-0.25, -0.2) is 18.2 Å². The molecule has 0 unspecified atom stereocenters. The lowest BCUT2D eigenvalue weighted by Crippen LogP contribution is -2.45. The molecule has 1 amide bonds. The quantitative estimate of drug-likeness (QED) is 0.530. The van der Waals surface area contributed by atoms with E-state index in [9.17, 15) is 22.8 Å². The predicted molar refractivity (Wildman–Crippen MR) is 124 cm³/mol. The first-order valence-corrected chi connectivity index (χ1v) is 11.9. The number of alkyl halides is 3. The number of amides is 1. The van der Waals surface area contributed by atoms with Gasteiger partial charge in [0, 0.05) is 36.5 Å². The summed E-state index contributed by atoms with van der Waals surface area (Å²) in [7, 11) is 0. The van der Waals surface area contributed by atoms with Gasteiger partial charge in [0.05, 0.1) is 29.5 Å². The Hall–Kier alpha value is -3.34. The highest BCUT2D eigenvalue weighted by atomic mass is 19.3. The van der Waals surface area contributed by atoms with E-state index >= 15 is 0 Å². The normalized spacial score (nSPS) is 29.3. The molecule has 190 valence electrons. The highest BCUT2D eigenvalue weighted by molar-refractivity contribution is 6.06. The van der Waals surface area contributed by atoms with Gasteiger partial charge in [-0.15, -0.1) is 0 Å². The number of anilines is 1. The summed E-state index contributed by atoms with van der Waals surface area (Å²) in [5, 5.41) is 2.54. The van der Waals surface area contributed by atoms with E-state index in [1.807, 2.05) is 6.20 Å². The SMILES string of the molecule is C[C@@H](Oc1cc2nc(C34COC(C)(C3)C4)cn2cc1C(=O)Nc1cccn([C@H]2C[C@H]2F)c1=O)C(F)F. The van der Waals surface area contributed by atoms with E-state index < -0.39 is 36.2 Å². The molecule has 3 atom stereocenters. The molecule has 2 aliphatic carbocycles. The summed E-state index contributed by atoms with van der Waals surface area (Å²) in [4.78, 5) is 30.7. The number of nitrogens with zero attached hydrogens (tertiary/aromatic N) is 3. The zero-order valence-electron chi connectivity index (χ0n) is 19.7. The predicted octanol–water partition coefficient (Wildman–Crippen LogP) is 3.88. The minimum atomic E-state index is -2.77. The summed E-state index contributed by atoms with van der Waals surface area (Å²) in [5.41, 5.74) is 0.272. The Kier molecular flexibility index (Phi) is 5.02. The van der Waals surface area contributed by atoms with Crippen molar-refractivity contribution in [1.29, 1.82) is 0 Å². The number of rotatable bonds is 7. The Labute approximate surface area is 204 Å². The standard InChI is InChI=1S/C25H25F3N4O4/c1-13(21(27)28)36-18-7-20-30-19(25-10-24(2,11-25)35-12-25)9-31(20)8-14(18)22(33)29-16-4-3-5-32(23(16)34)17-6-15(17)26/h3-5,7-9,13,15,17,21H,6,10-12H2,1-2H3,(H,29,33)/t13-,15-,17+,24?,25?/m1/s1. The molecule has 2 saturated heterocycles. The first-order valence-electron chi connectivity index (χ1n) is 11.9. The van der Waals surface area contributed by atoms with Crippen LogP contribution >= 0.6 is 0 Å². The number of ether oxygens (including phenoxy) is 2. The lowest BCUT2D eigenvalue weighted by Gasteiger charge is -2.41. The van der Waals surface area contributed by atoms with Crippen LogP contribution in [-0.4, -0.2) is 50.8 Å². The molecule has 8 nitrogen and oxygen atoms in total. The maximum Gasteiger partial charge on any atom is 0.274 e. The zero-order valence-corrected chi connectivity index (χ0v) is 19.7. The number of hydrogen-bond donors (Lipinski definition) is 1. The number of imidazole rings is 1.